The Morgan fingerprint density at radius 2 is 0.909 bits per heavy atom. The van der Waals surface area contributed by atoms with Gasteiger partial charge in [0, 0.05) is 12.4 Å². The van der Waals surface area contributed by atoms with Gasteiger partial charge in [0.05, 0.1) is 23.5 Å². The van der Waals surface area contributed by atoms with Gasteiger partial charge in [-0.2, -0.15) is 0 Å². The number of hydrogen-bond acceptors (Lipinski definition) is 2. The highest BCUT2D eigenvalue weighted by molar-refractivity contribution is 5.83. The molecule has 4 unspecified atom stereocenters. The van der Waals surface area contributed by atoms with Crippen LogP contribution in [0.15, 0.2) is 22.1 Å². The first-order valence-electron chi connectivity index (χ1n) is 13.9. The van der Waals surface area contributed by atoms with Gasteiger partial charge in [-0.1, -0.05) is 68.2 Å². The molecular formula is C30H51N3. The standard InChI is InChI=1S/C30H51N3/c1-19(2)25-11-9-12-26(20(3)4)29(25)31-17-23-15-16-24(33-23)18-32-30-27(21(5)6)13-10-14-28(30)22(7)8/h15-22,25-30,33H,9-14H2,1-8H3. The number of aromatic amines is 1. The summed E-state index contributed by atoms with van der Waals surface area (Å²) in [5.41, 5.74) is 2.22. The SMILES string of the molecule is CC(C)C1CCCC(C(C)C)C1N=Cc1ccc(C=NC2C(C(C)C)CCCC2C(C)C)[nH]1. The molecule has 1 aromatic heterocycles. The van der Waals surface area contributed by atoms with E-state index in [9.17, 15) is 0 Å². The van der Waals surface area contributed by atoms with E-state index in [1.165, 1.54) is 38.5 Å². The molecule has 3 heteroatoms. The second kappa shape index (κ2) is 11.8. The maximum absolute atomic E-state index is 5.19. The summed E-state index contributed by atoms with van der Waals surface area (Å²) in [6.45, 7) is 19.0. The van der Waals surface area contributed by atoms with Gasteiger partial charge in [-0.3, -0.25) is 9.98 Å². The van der Waals surface area contributed by atoms with Gasteiger partial charge in [-0.25, -0.2) is 0 Å². The molecule has 3 rings (SSSR count). The highest BCUT2D eigenvalue weighted by Crippen LogP contribution is 2.40. The summed E-state index contributed by atoms with van der Waals surface area (Å²) in [6, 6.07) is 5.23. The fraction of sp³-hybridized carbons (Fsp3) is 0.800. The zero-order chi connectivity index (χ0) is 24.1. The third-order valence-electron chi connectivity index (χ3n) is 8.83. The van der Waals surface area contributed by atoms with Crippen LogP contribution in [0.3, 0.4) is 0 Å². The van der Waals surface area contributed by atoms with Crippen LogP contribution in [0.25, 0.3) is 0 Å². The van der Waals surface area contributed by atoms with Gasteiger partial charge in [0.1, 0.15) is 0 Å². The van der Waals surface area contributed by atoms with Crippen molar-refractivity contribution in [3.63, 3.8) is 0 Å². The molecule has 0 bridgehead atoms. The zero-order valence-electron chi connectivity index (χ0n) is 22.7. The van der Waals surface area contributed by atoms with E-state index in [0.29, 0.717) is 59.4 Å². The first-order valence-corrected chi connectivity index (χ1v) is 13.9. The largest absolute Gasteiger partial charge is 0.353 e. The average Bonchev–Trinajstić information content (AvgIpc) is 3.23. The number of nitrogens with one attached hydrogen (secondary N) is 1. The van der Waals surface area contributed by atoms with E-state index in [-0.39, 0.29) is 0 Å². The molecule has 4 atom stereocenters. The summed E-state index contributed by atoms with van der Waals surface area (Å²) >= 11 is 0. The van der Waals surface area contributed by atoms with E-state index in [2.05, 4.69) is 84.9 Å². The van der Waals surface area contributed by atoms with Crippen LogP contribution < -0.4 is 0 Å². The normalized spacial score (nSPS) is 31.8. The number of aliphatic imine (C=N–C) groups is 2. The van der Waals surface area contributed by atoms with Gasteiger partial charge in [0.15, 0.2) is 0 Å². The predicted molar refractivity (Wildman–Crippen MR) is 145 cm³/mol. The molecule has 1 aromatic rings. The lowest BCUT2D eigenvalue weighted by molar-refractivity contribution is 0.143. The average molecular weight is 454 g/mol. The van der Waals surface area contributed by atoms with Crippen molar-refractivity contribution in [2.24, 2.45) is 57.3 Å². The van der Waals surface area contributed by atoms with Crippen molar-refractivity contribution in [1.82, 2.24) is 4.98 Å². The Morgan fingerprint density at radius 1 is 0.606 bits per heavy atom. The molecular weight excluding hydrogens is 402 g/mol. The summed E-state index contributed by atoms with van der Waals surface area (Å²) in [4.78, 5) is 14.0. The van der Waals surface area contributed by atoms with Crippen LogP contribution in [0.2, 0.25) is 0 Å². The highest BCUT2D eigenvalue weighted by atomic mass is 14.9. The number of aromatic nitrogens is 1. The first-order chi connectivity index (χ1) is 15.7. The second-order valence-electron chi connectivity index (χ2n) is 12.4. The predicted octanol–water partition coefficient (Wildman–Crippen LogP) is 8.05. The fourth-order valence-electron chi connectivity index (χ4n) is 6.76. The molecule has 1 heterocycles. The molecule has 2 aliphatic carbocycles. The van der Waals surface area contributed by atoms with Crippen molar-refractivity contribution in [3.8, 4) is 0 Å². The van der Waals surface area contributed by atoms with E-state index in [4.69, 9.17) is 9.98 Å². The van der Waals surface area contributed by atoms with Gasteiger partial charge in [-0.05, 0) is 85.2 Å². The van der Waals surface area contributed by atoms with E-state index in [0.717, 1.165) is 11.4 Å². The Balaban J connectivity index is 1.74. The van der Waals surface area contributed by atoms with Gasteiger partial charge in [-0.15, -0.1) is 0 Å². The number of nitrogens with zero attached hydrogens (tertiary/aromatic N) is 2. The highest BCUT2D eigenvalue weighted by Gasteiger charge is 2.37. The summed E-state index contributed by atoms with van der Waals surface area (Å²) < 4.78 is 0. The minimum Gasteiger partial charge on any atom is -0.353 e. The summed E-state index contributed by atoms with van der Waals surface area (Å²) in [6.07, 6.45) is 12.2. The molecule has 0 aliphatic heterocycles. The monoisotopic (exact) mass is 453 g/mol. The Bertz CT molecular complexity index is 675. The van der Waals surface area contributed by atoms with Crippen LogP contribution in [0.4, 0.5) is 0 Å². The van der Waals surface area contributed by atoms with Crippen molar-refractivity contribution in [2.75, 3.05) is 0 Å². The Hall–Kier alpha value is -1.38. The molecule has 2 fully saturated rings. The van der Waals surface area contributed by atoms with Crippen LogP contribution >= 0.6 is 0 Å². The lowest BCUT2D eigenvalue weighted by Crippen LogP contribution is -2.37. The zero-order valence-corrected chi connectivity index (χ0v) is 22.7. The summed E-state index contributed by atoms with van der Waals surface area (Å²) in [7, 11) is 0. The van der Waals surface area contributed by atoms with Crippen LogP contribution in [-0.4, -0.2) is 29.5 Å². The van der Waals surface area contributed by atoms with Gasteiger partial charge in [0.25, 0.3) is 0 Å². The third-order valence-corrected chi connectivity index (χ3v) is 8.83. The maximum atomic E-state index is 5.19. The lowest BCUT2D eigenvalue weighted by Gasteiger charge is -2.40. The van der Waals surface area contributed by atoms with Crippen LogP contribution in [0.5, 0.6) is 0 Å². The van der Waals surface area contributed by atoms with Crippen molar-refractivity contribution in [2.45, 2.75) is 106 Å². The van der Waals surface area contributed by atoms with Crippen molar-refractivity contribution in [1.29, 1.82) is 0 Å². The summed E-state index contributed by atoms with van der Waals surface area (Å²) in [5, 5.41) is 0. The molecule has 33 heavy (non-hydrogen) atoms. The molecule has 0 spiro atoms. The molecule has 0 amide bonds. The van der Waals surface area contributed by atoms with E-state index in [1.54, 1.807) is 0 Å². The van der Waals surface area contributed by atoms with Gasteiger partial charge in [0.2, 0.25) is 0 Å². The quantitative estimate of drug-likeness (QED) is 0.387. The van der Waals surface area contributed by atoms with Gasteiger partial charge >= 0.3 is 0 Å². The lowest BCUT2D eigenvalue weighted by atomic mass is 9.69. The van der Waals surface area contributed by atoms with Gasteiger partial charge < -0.3 is 4.98 Å². The Labute approximate surface area is 204 Å². The summed E-state index contributed by atoms with van der Waals surface area (Å²) in [5.74, 6) is 5.57. The molecule has 0 aromatic carbocycles. The molecule has 3 nitrogen and oxygen atoms in total. The molecule has 2 saturated carbocycles. The molecule has 0 radical (unpaired) electrons. The van der Waals surface area contributed by atoms with Crippen molar-refractivity contribution >= 4 is 12.4 Å². The van der Waals surface area contributed by atoms with Crippen molar-refractivity contribution in [3.05, 3.63) is 23.5 Å². The molecule has 186 valence electrons. The Kier molecular flexibility index (Phi) is 9.42. The minimum atomic E-state index is 0.444. The maximum Gasteiger partial charge on any atom is 0.0567 e. The van der Waals surface area contributed by atoms with E-state index < -0.39 is 0 Å². The molecule has 0 saturated heterocycles. The molecule has 2 aliphatic rings. The fourth-order valence-corrected chi connectivity index (χ4v) is 6.76. The van der Waals surface area contributed by atoms with Crippen LogP contribution in [0, 0.1) is 47.3 Å². The van der Waals surface area contributed by atoms with E-state index in [1.807, 2.05) is 0 Å². The molecule has 1 N–H and O–H groups in total. The van der Waals surface area contributed by atoms with Crippen molar-refractivity contribution < 1.29 is 0 Å². The third kappa shape index (κ3) is 6.61. The number of H-pyrrole nitrogens is 1. The number of hydrogen-bond donors (Lipinski definition) is 1. The van der Waals surface area contributed by atoms with Crippen LogP contribution in [-0.2, 0) is 0 Å². The smallest absolute Gasteiger partial charge is 0.0567 e. The topological polar surface area (TPSA) is 40.5 Å². The van der Waals surface area contributed by atoms with Crippen LogP contribution in [0.1, 0.15) is 105 Å². The second-order valence-corrected chi connectivity index (χ2v) is 12.4. The Morgan fingerprint density at radius 3 is 1.18 bits per heavy atom. The number of rotatable bonds is 8. The van der Waals surface area contributed by atoms with E-state index >= 15 is 0 Å². The first kappa shape index (κ1) is 26.2. The minimum absolute atomic E-state index is 0.444.